The number of thioether (sulfide) groups is 1. The van der Waals surface area contributed by atoms with Crippen LogP contribution in [-0.2, 0) is 0 Å². The number of nitrogens with one attached hydrogen (secondary N) is 1. The van der Waals surface area contributed by atoms with Gasteiger partial charge in [-0.05, 0) is 37.1 Å². The molecule has 2 nitrogen and oxygen atoms in total. The first-order chi connectivity index (χ1) is 7.04. The summed E-state index contributed by atoms with van der Waals surface area (Å²) in [6.07, 6.45) is 1.16. The van der Waals surface area contributed by atoms with Gasteiger partial charge in [-0.15, -0.1) is 11.8 Å². The van der Waals surface area contributed by atoms with Crippen LogP contribution in [0.15, 0.2) is 23.1 Å². The van der Waals surface area contributed by atoms with Crippen molar-refractivity contribution in [3.8, 4) is 0 Å². The van der Waals surface area contributed by atoms with Gasteiger partial charge in [0, 0.05) is 15.7 Å². The molecule has 0 aromatic heterocycles. The summed E-state index contributed by atoms with van der Waals surface area (Å²) in [7, 11) is 0. The molecule has 0 fully saturated rings. The highest BCUT2D eigenvalue weighted by molar-refractivity contribution is 7.99. The molecule has 1 aromatic carbocycles. The summed E-state index contributed by atoms with van der Waals surface area (Å²) in [6, 6.07) is 6.08. The lowest BCUT2D eigenvalue weighted by Crippen LogP contribution is -2.12. The summed E-state index contributed by atoms with van der Waals surface area (Å²) >= 11 is 1.87. The van der Waals surface area contributed by atoms with Gasteiger partial charge in [0.05, 0.1) is 0 Å². The minimum atomic E-state index is 0.146. The Hall–Kier alpha value is -0.960. The van der Waals surface area contributed by atoms with E-state index in [2.05, 4.69) is 19.9 Å². The normalized spacial score (nSPS) is 12.5. The quantitative estimate of drug-likeness (QED) is 0.467. The number of benzene rings is 1. The fourth-order valence-electron chi connectivity index (χ4n) is 1.33. The van der Waals surface area contributed by atoms with Crippen LogP contribution < -0.4 is 5.73 Å². The summed E-state index contributed by atoms with van der Waals surface area (Å²) in [5.41, 5.74) is 7.38. The molecule has 1 rings (SSSR count). The maximum Gasteiger partial charge on any atom is 0.123 e. The Balaban J connectivity index is 2.87. The van der Waals surface area contributed by atoms with Crippen molar-refractivity contribution in [2.75, 3.05) is 0 Å². The third-order valence-electron chi connectivity index (χ3n) is 2.40. The van der Waals surface area contributed by atoms with E-state index in [0.29, 0.717) is 5.25 Å². The highest BCUT2D eigenvalue weighted by Gasteiger charge is 2.05. The van der Waals surface area contributed by atoms with Crippen molar-refractivity contribution >= 4 is 17.6 Å². The molecule has 0 aliphatic heterocycles. The lowest BCUT2D eigenvalue weighted by Gasteiger charge is -2.10. The fourth-order valence-corrected chi connectivity index (χ4v) is 2.35. The Morgan fingerprint density at radius 2 is 2.20 bits per heavy atom. The van der Waals surface area contributed by atoms with Gasteiger partial charge in [0.1, 0.15) is 5.84 Å². The van der Waals surface area contributed by atoms with Crippen molar-refractivity contribution < 1.29 is 0 Å². The van der Waals surface area contributed by atoms with Crippen LogP contribution in [0.1, 0.15) is 31.4 Å². The molecule has 0 amide bonds. The highest BCUT2D eigenvalue weighted by atomic mass is 32.2. The number of nitrogen functional groups attached to an aromatic ring is 1. The molecule has 1 atom stereocenters. The van der Waals surface area contributed by atoms with Gasteiger partial charge in [0.25, 0.3) is 0 Å². The Morgan fingerprint density at radius 3 is 2.67 bits per heavy atom. The van der Waals surface area contributed by atoms with Crippen LogP contribution in [0.3, 0.4) is 0 Å². The van der Waals surface area contributed by atoms with Gasteiger partial charge in [-0.2, -0.15) is 0 Å². The Bertz CT molecular complexity index is 361. The van der Waals surface area contributed by atoms with Crippen LogP contribution in [-0.4, -0.2) is 11.1 Å². The third-order valence-corrected chi connectivity index (χ3v) is 3.66. The summed E-state index contributed by atoms with van der Waals surface area (Å²) in [4.78, 5) is 1.26. The second-order valence-corrected chi connectivity index (χ2v) is 5.24. The molecule has 0 saturated carbocycles. The molecule has 0 radical (unpaired) electrons. The maximum absolute atomic E-state index is 7.40. The van der Waals surface area contributed by atoms with E-state index >= 15 is 0 Å². The molecule has 1 unspecified atom stereocenters. The molecule has 0 aliphatic carbocycles. The van der Waals surface area contributed by atoms with E-state index in [9.17, 15) is 0 Å². The Labute approximate surface area is 95.8 Å². The smallest absolute Gasteiger partial charge is 0.123 e. The van der Waals surface area contributed by atoms with Crippen molar-refractivity contribution in [1.82, 2.24) is 0 Å². The first-order valence-corrected chi connectivity index (χ1v) is 6.04. The SMILES string of the molecule is CCC(C)Sc1ccc(C(=N)N)c(C)c1. The summed E-state index contributed by atoms with van der Waals surface area (Å²) in [6.45, 7) is 6.41. The lowest BCUT2D eigenvalue weighted by molar-refractivity contribution is 0.905. The van der Waals surface area contributed by atoms with E-state index in [4.69, 9.17) is 11.1 Å². The minimum Gasteiger partial charge on any atom is -0.384 e. The number of hydrogen-bond acceptors (Lipinski definition) is 2. The van der Waals surface area contributed by atoms with Crippen molar-refractivity contribution in [1.29, 1.82) is 5.41 Å². The molecule has 3 N–H and O–H groups in total. The molecule has 0 bridgehead atoms. The average Bonchev–Trinajstić information content (AvgIpc) is 2.17. The second kappa shape index (κ2) is 5.21. The average molecular weight is 222 g/mol. The first kappa shape index (κ1) is 12.1. The van der Waals surface area contributed by atoms with E-state index in [1.165, 1.54) is 4.90 Å². The standard InChI is InChI=1S/C12H18N2S/c1-4-9(3)15-10-5-6-11(12(13)14)8(2)7-10/h5-7,9H,4H2,1-3H3,(H3,13,14). The molecule has 0 aliphatic rings. The molecule has 0 heterocycles. The number of aryl methyl sites for hydroxylation is 1. The van der Waals surface area contributed by atoms with Crippen LogP contribution in [0.5, 0.6) is 0 Å². The van der Waals surface area contributed by atoms with Crippen molar-refractivity contribution in [3.63, 3.8) is 0 Å². The van der Waals surface area contributed by atoms with Gasteiger partial charge in [0.2, 0.25) is 0 Å². The number of amidine groups is 1. The van der Waals surface area contributed by atoms with Crippen LogP contribution >= 0.6 is 11.8 Å². The molecular formula is C12H18N2S. The van der Waals surface area contributed by atoms with E-state index in [0.717, 1.165) is 17.5 Å². The van der Waals surface area contributed by atoms with E-state index in [-0.39, 0.29) is 5.84 Å². The molecule has 15 heavy (non-hydrogen) atoms. The van der Waals surface area contributed by atoms with E-state index in [1.54, 1.807) is 0 Å². The van der Waals surface area contributed by atoms with Crippen molar-refractivity contribution in [2.24, 2.45) is 5.73 Å². The van der Waals surface area contributed by atoms with Crippen LogP contribution in [0, 0.1) is 12.3 Å². The van der Waals surface area contributed by atoms with Gasteiger partial charge in [-0.1, -0.05) is 13.8 Å². The predicted molar refractivity (Wildman–Crippen MR) is 67.8 cm³/mol. The Morgan fingerprint density at radius 1 is 1.53 bits per heavy atom. The van der Waals surface area contributed by atoms with Gasteiger partial charge in [0.15, 0.2) is 0 Å². The topological polar surface area (TPSA) is 49.9 Å². The van der Waals surface area contributed by atoms with Gasteiger partial charge < -0.3 is 5.73 Å². The van der Waals surface area contributed by atoms with Crippen molar-refractivity contribution in [3.05, 3.63) is 29.3 Å². The summed E-state index contributed by atoms with van der Waals surface area (Å²) < 4.78 is 0. The van der Waals surface area contributed by atoms with Gasteiger partial charge in [-0.3, -0.25) is 5.41 Å². The molecule has 3 heteroatoms. The monoisotopic (exact) mass is 222 g/mol. The molecule has 82 valence electrons. The zero-order chi connectivity index (χ0) is 11.4. The first-order valence-electron chi connectivity index (χ1n) is 5.16. The Kier molecular flexibility index (Phi) is 4.21. The summed E-state index contributed by atoms with van der Waals surface area (Å²) in [5, 5.41) is 8.03. The minimum absolute atomic E-state index is 0.146. The van der Waals surface area contributed by atoms with Gasteiger partial charge in [-0.25, -0.2) is 0 Å². The van der Waals surface area contributed by atoms with E-state index in [1.807, 2.05) is 30.8 Å². The number of rotatable bonds is 4. The maximum atomic E-state index is 7.40. The largest absolute Gasteiger partial charge is 0.384 e. The zero-order valence-corrected chi connectivity index (χ0v) is 10.3. The second-order valence-electron chi connectivity index (χ2n) is 3.73. The summed E-state index contributed by atoms with van der Waals surface area (Å²) in [5.74, 6) is 0.146. The lowest BCUT2D eigenvalue weighted by atomic mass is 10.1. The van der Waals surface area contributed by atoms with Crippen LogP contribution in [0.4, 0.5) is 0 Å². The molecule has 0 saturated heterocycles. The number of hydrogen-bond donors (Lipinski definition) is 2. The third kappa shape index (κ3) is 3.27. The predicted octanol–water partition coefficient (Wildman–Crippen LogP) is 3.17. The molecule has 0 spiro atoms. The van der Waals surface area contributed by atoms with E-state index < -0.39 is 0 Å². The van der Waals surface area contributed by atoms with Crippen LogP contribution in [0.2, 0.25) is 0 Å². The zero-order valence-electron chi connectivity index (χ0n) is 9.50. The fraction of sp³-hybridized carbons (Fsp3) is 0.417. The number of nitrogens with two attached hydrogens (primary N) is 1. The van der Waals surface area contributed by atoms with Crippen molar-refractivity contribution in [2.45, 2.75) is 37.3 Å². The van der Waals surface area contributed by atoms with Gasteiger partial charge >= 0.3 is 0 Å². The molecular weight excluding hydrogens is 204 g/mol. The molecule has 1 aromatic rings. The van der Waals surface area contributed by atoms with Crippen LogP contribution in [0.25, 0.3) is 0 Å². The highest BCUT2D eigenvalue weighted by Crippen LogP contribution is 2.26.